The number of anilines is 1. The average Bonchev–Trinajstić information content (AvgIpc) is 2.97. The summed E-state index contributed by atoms with van der Waals surface area (Å²) in [5.74, 6) is -2.33. The number of amides is 1. The minimum absolute atomic E-state index is 0.0220. The summed E-state index contributed by atoms with van der Waals surface area (Å²) in [4.78, 5) is 39.6. The molecule has 7 heteroatoms. The second-order valence-corrected chi connectivity index (χ2v) is 6.39. The van der Waals surface area contributed by atoms with Crippen LogP contribution < -0.4 is 5.32 Å². The lowest BCUT2D eigenvalue weighted by molar-refractivity contribution is -0.141. The second-order valence-electron chi connectivity index (χ2n) is 5.39. The standard InChI is InChI=1S/C17H14N2O4S/c20-13-9-11(16(22)23)8-12-15(13)24-17(18-12)19-14(21)7-6-10-4-2-1-3-5-10/h1-7,11H,8-9H2,(H,22,23)(H,18,19,21)/b7-6+. The summed E-state index contributed by atoms with van der Waals surface area (Å²) in [7, 11) is 0. The van der Waals surface area contributed by atoms with Gasteiger partial charge in [-0.3, -0.25) is 19.7 Å². The molecule has 0 fully saturated rings. The average molecular weight is 342 g/mol. The molecule has 2 N–H and O–H groups in total. The lowest BCUT2D eigenvalue weighted by Gasteiger charge is -2.15. The lowest BCUT2D eigenvalue weighted by atomic mass is 9.90. The van der Waals surface area contributed by atoms with Gasteiger partial charge in [-0.1, -0.05) is 41.7 Å². The topological polar surface area (TPSA) is 96.4 Å². The highest BCUT2D eigenvalue weighted by Crippen LogP contribution is 2.32. The molecule has 0 saturated carbocycles. The van der Waals surface area contributed by atoms with E-state index in [0.29, 0.717) is 15.7 Å². The van der Waals surface area contributed by atoms with Crippen molar-refractivity contribution in [1.29, 1.82) is 0 Å². The number of carboxylic acid groups (broad SMARTS) is 1. The molecule has 0 bridgehead atoms. The van der Waals surface area contributed by atoms with Crippen LogP contribution in [0.25, 0.3) is 6.08 Å². The Kier molecular flexibility index (Phi) is 4.52. The van der Waals surface area contributed by atoms with Crippen molar-refractivity contribution in [2.24, 2.45) is 5.92 Å². The van der Waals surface area contributed by atoms with Crippen molar-refractivity contribution in [1.82, 2.24) is 4.98 Å². The highest BCUT2D eigenvalue weighted by molar-refractivity contribution is 7.17. The largest absolute Gasteiger partial charge is 0.481 e. The van der Waals surface area contributed by atoms with E-state index in [2.05, 4.69) is 10.3 Å². The van der Waals surface area contributed by atoms with E-state index in [9.17, 15) is 14.4 Å². The Morgan fingerprint density at radius 3 is 2.71 bits per heavy atom. The Balaban J connectivity index is 1.70. The van der Waals surface area contributed by atoms with Gasteiger partial charge in [-0.2, -0.15) is 0 Å². The molecule has 1 aliphatic rings. The van der Waals surface area contributed by atoms with Gasteiger partial charge in [-0.25, -0.2) is 4.98 Å². The number of ketones is 1. The van der Waals surface area contributed by atoms with Gasteiger partial charge in [0.2, 0.25) is 5.91 Å². The van der Waals surface area contributed by atoms with Gasteiger partial charge >= 0.3 is 5.97 Å². The fourth-order valence-electron chi connectivity index (χ4n) is 2.44. The smallest absolute Gasteiger partial charge is 0.307 e. The minimum atomic E-state index is -1.00. The molecule has 1 atom stereocenters. The van der Waals surface area contributed by atoms with E-state index in [-0.39, 0.29) is 24.5 Å². The van der Waals surface area contributed by atoms with E-state index >= 15 is 0 Å². The molecule has 1 aromatic heterocycles. The van der Waals surface area contributed by atoms with E-state index in [1.807, 2.05) is 30.3 Å². The molecule has 122 valence electrons. The highest BCUT2D eigenvalue weighted by atomic mass is 32.1. The Morgan fingerprint density at radius 2 is 2.00 bits per heavy atom. The fraction of sp³-hybridized carbons (Fsp3) is 0.176. The zero-order valence-electron chi connectivity index (χ0n) is 12.6. The maximum absolute atomic E-state index is 12.0. The number of carbonyl (C=O) groups is 3. The van der Waals surface area contributed by atoms with Gasteiger partial charge in [-0.05, 0) is 11.6 Å². The summed E-state index contributed by atoms with van der Waals surface area (Å²) in [5, 5.41) is 12.0. The number of benzene rings is 1. The molecule has 1 unspecified atom stereocenters. The lowest BCUT2D eigenvalue weighted by Crippen LogP contribution is -2.25. The first kappa shape index (κ1) is 16.1. The van der Waals surface area contributed by atoms with Gasteiger partial charge < -0.3 is 5.11 Å². The van der Waals surface area contributed by atoms with Crippen LogP contribution in [-0.4, -0.2) is 27.8 Å². The molecule has 0 saturated heterocycles. The van der Waals surface area contributed by atoms with E-state index in [1.54, 1.807) is 6.08 Å². The molecule has 0 spiro atoms. The molecule has 1 aromatic carbocycles. The fourth-order valence-corrected chi connectivity index (χ4v) is 3.39. The number of rotatable bonds is 4. The number of carboxylic acids is 1. The monoisotopic (exact) mass is 342 g/mol. The number of hydrogen-bond acceptors (Lipinski definition) is 5. The van der Waals surface area contributed by atoms with Crippen molar-refractivity contribution in [2.75, 3.05) is 5.32 Å². The van der Waals surface area contributed by atoms with Crippen molar-refractivity contribution in [3.05, 3.63) is 52.5 Å². The third-order valence-corrected chi connectivity index (χ3v) is 4.68. The second kappa shape index (κ2) is 6.76. The van der Waals surface area contributed by atoms with E-state index < -0.39 is 11.9 Å². The Bertz CT molecular complexity index is 826. The number of thiazole rings is 1. The normalized spacial score (nSPS) is 16.8. The zero-order valence-corrected chi connectivity index (χ0v) is 13.4. The van der Waals surface area contributed by atoms with Gasteiger partial charge in [0.25, 0.3) is 0 Å². The first-order valence-corrected chi connectivity index (χ1v) is 8.14. The molecule has 1 heterocycles. The number of nitrogens with zero attached hydrogens (tertiary/aromatic N) is 1. The molecule has 0 radical (unpaired) electrons. The van der Waals surface area contributed by atoms with Gasteiger partial charge in [0, 0.05) is 18.9 Å². The van der Waals surface area contributed by atoms with Crippen LogP contribution in [0.4, 0.5) is 5.13 Å². The van der Waals surface area contributed by atoms with Crippen molar-refractivity contribution >= 4 is 40.2 Å². The number of fused-ring (bicyclic) bond motifs is 1. The molecule has 2 aromatic rings. The number of Topliss-reactive ketones (excluding diaryl/α,β-unsaturated/α-hetero) is 1. The molecule has 3 rings (SSSR count). The van der Waals surface area contributed by atoms with Gasteiger partial charge in [-0.15, -0.1) is 0 Å². The van der Waals surface area contributed by atoms with Gasteiger partial charge in [0.05, 0.1) is 16.5 Å². The molecule has 24 heavy (non-hydrogen) atoms. The summed E-state index contributed by atoms with van der Waals surface area (Å²) in [6, 6.07) is 9.37. The molecule has 1 amide bonds. The van der Waals surface area contributed by atoms with E-state index in [1.165, 1.54) is 6.08 Å². The quantitative estimate of drug-likeness (QED) is 0.833. The molecular weight excluding hydrogens is 328 g/mol. The van der Waals surface area contributed by atoms with Gasteiger partial charge in [0.1, 0.15) is 0 Å². The molecule has 6 nitrogen and oxygen atoms in total. The van der Waals surface area contributed by atoms with Crippen LogP contribution in [0.15, 0.2) is 36.4 Å². The number of aliphatic carboxylic acids is 1. The maximum atomic E-state index is 12.0. The molecule has 0 aliphatic heterocycles. The Labute approximate surface area is 141 Å². The summed E-state index contributed by atoms with van der Waals surface area (Å²) in [6.45, 7) is 0. The summed E-state index contributed by atoms with van der Waals surface area (Å²) < 4.78 is 0. The van der Waals surface area contributed by atoms with Crippen molar-refractivity contribution < 1.29 is 19.5 Å². The zero-order chi connectivity index (χ0) is 17.1. The first-order valence-electron chi connectivity index (χ1n) is 7.33. The van der Waals surface area contributed by atoms with Crippen LogP contribution in [0.5, 0.6) is 0 Å². The van der Waals surface area contributed by atoms with Crippen molar-refractivity contribution in [2.45, 2.75) is 12.8 Å². The summed E-state index contributed by atoms with van der Waals surface area (Å²) in [5.41, 5.74) is 1.34. The highest BCUT2D eigenvalue weighted by Gasteiger charge is 2.32. The Morgan fingerprint density at radius 1 is 1.25 bits per heavy atom. The van der Waals surface area contributed by atoms with Crippen LogP contribution >= 0.6 is 11.3 Å². The van der Waals surface area contributed by atoms with Crippen LogP contribution in [0.2, 0.25) is 0 Å². The number of nitrogens with one attached hydrogen (secondary N) is 1. The van der Waals surface area contributed by atoms with Crippen LogP contribution in [-0.2, 0) is 16.0 Å². The van der Waals surface area contributed by atoms with Crippen molar-refractivity contribution in [3.8, 4) is 0 Å². The summed E-state index contributed by atoms with van der Waals surface area (Å²) in [6.07, 6.45) is 3.25. The Hall–Kier alpha value is -2.80. The van der Waals surface area contributed by atoms with E-state index in [0.717, 1.165) is 16.9 Å². The predicted molar refractivity (Wildman–Crippen MR) is 90.0 cm³/mol. The van der Waals surface area contributed by atoms with Gasteiger partial charge in [0.15, 0.2) is 10.9 Å². The van der Waals surface area contributed by atoms with Crippen LogP contribution in [0.3, 0.4) is 0 Å². The maximum Gasteiger partial charge on any atom is 0.307 e. The first-order chi connectivity index (χ1) is 11.5. The van der Waals surface area contributed by atoms with Crippen LogP contribution in [0, 0.1) is 5.92 Å². The predicted octanol–water partition coefficient (Wildman–Crippen LogP) is 2.62. The van der Waals surface area contributed by atoms with Crippen LogP contribution in [0.1, 0.15) is 27.3 Å². The minimum Gasteiger partial charge on any atom is -0.481 e. The summed E-state index contributed by atoms with van der Waals surface area (Å²) >= 11 is 1.09. The number of carbonyl (C=O) groups excluding carboxylic acids is 2. The SMILES string of the molecule is O=C(/C=C/c1ccccc1)Nc1nc2c(s1)C(=O)CC(C(=O)O)C2. The third kappa shape index (κ3) is 3.57. The van der Waals surface area contributed by atoms with E-state index in [4.69, 9.17) is 5.11 Å². The third-order valence-electron chi connectivity index (χ3n) is 3.63. The number of hydrogen-bond donors (Lipinski definition) is 2. The molecule has 1 aliphatic carbocycles. The van der Waals surface area contributed by atoms with Crippen molar-refractivity contribution in [3.63, 3.8) is 0 Å². The molecular formula is C17H14N2O4S. The number of aromatic nitrogens is 1.